The number of nitrogens with zero attached hydrogens (tertiary/aromatic N) is 1. The Bertz CT molecular complexity index is 455. The molecule has 0 saturated heterocycles. The van der Waals surface area contributed by atoms with Crippen LogP contribution in [0.1, 0.15) is 41.6 Å². The van der Waals surface area contributed by atoms with Gasteiger partial charge in [-0.25, -0.2) is 0 Å². The molecule has 3 nitrogen and oxygen atoms in total. The van der Waals surface area contributed by atoms with Gasteiger partial charge in [-0.3, -0.25) is 4.79 Å². The lowest BCUT2D eigenvalue weighted by atomic mass is 10.1. The lowest BCUT2D eigenvalue weighted by Gasteiger charge is -2.29. The van der Waals surface area contributed by atoms with E-state index in [4.69, 9.17) is 0 Å². The van der Waals surface area contributed by atoms with Gasteiger partial charge < -0.3 is 10.0 Å². The van der Waals surface area contributed by atoms with Crippen LogP contribution in [0.5, 0.6) is 0 Å². The predicted molar refractivity (Wildman–Crippen MR) is 84.3 cm³/mol. The molecule has 1 aliphatic carbocycles. The van der Waals surface area contributed by atoms with Crippen molar-refractivity contribution in [3.05, 3.63) is 32.9 Å². The number of hydrogen-bond acceptors (Lipinski definition) is 2. The minimum atomic E-state index is 0.0324. The molecule has 4 heteroatoms. The predicted octanol–water partition coefficient (Wildman–Crippen LogP) is 2.98. The zero-order valence-electron chi connectivity index (χ0n) is 11.2. The highest BCUT2D eigenvalue weighted by Crippen LogP contribution is 2.26. The lowest BCUT2D eigenvalue weighted by molar-refractivity contribution is 0.0637. The highest BCUT2D eigenvalue weighted by molar-refractivity contribution is 14.1. The van der Waals surface area contributed by atoms with Crippen molar-refractivity contribution in [3.63, 3.8) is 0 Å². The van der Waals surface area contributed by atoms with Crippen molar-refractivity contribution in [2.24, 2.45) is 0 Å². The molecular formula is C15H20INO2. The van der Waals surface area contributed by atoms with Crippen molar-refractivity contribution in [2.45, 2.75) is 38.6 Å². The summed E-state index contributed by atoms with van der Waals surface area (Å²) in [5, 5.41) is 9.22. The van der Waals surface area contributed by atoms with E-state index in [9.17, 15) is 9.90 Å². The molecule has 2 rings (SSSR count). The molecule has 1 amide bonds. The van der Waals surface area contributed by atoms with Crippen LogP contribution in [0, 0.1) is 10.5 Å². The third-order valence-electron chi connectivity index (χ3n) is 3.79. The summed E-state index contributed by atoms with van der Waals surface area (Å²) in [6, 6.07) is 6.13. The smallest absolute Gasteiger partial charge is 0.255 e. The SMILES string of the molecule is Cc1cccc(C(=O)N(CCO)C2CCCC2)c1I. The zero-order chi connectivity index (χ0) is 13.8. The first-order valence-electron chi connectivity index (χ1n) is 6.82. The quantitative estimate of drug-likeness (QED) is 0.825. The van der Waals surface area contributed by atoms with Crippen LogP contribution >= 0.6 is 22.6 Å². The van der Waals surface area contributed by atoms with Crippen LogP contribution in [0.2, 0.25) is 0 Å². The van der Waals surface area contributed by atoms with Crippen molar-refractivity contribution in [1.82, 2.24) is 4.90 Å². The van der Waals surface area contributed by atoms with Crippen LogP contribution in [0.3, 0.4) is 0 Å². The van der Waals surface area contributed by atoms with Crippen molar-refractivity contribution in [1.29, 1.82) is 0 Å². The number of aliphatic hydroxyl groups excluding tert-OH is 1. The fourth-order valence-electron chi connectivity index (χ4n) is 2.74. The number of hydrogen-bond donors (Lipinski definition) is 1. The molecular weight excluding hydrogens is 353 g/mol. The van der Waals surface area contributed by atoms with Crippen molar-refractivity contribution in [3.8, 4) is 0 Å². The van der Waals surface area contributed by atoms with Crippen LogP contribution < -0.4 is 0 Å². The fourth-order valence-corrected chi connectivity index (χ4v) is 3.33. The molecule has 0 aromatic heterocycles. The number of rotatable bonds is 4. The van der Waals surface area contributed by atoms with Crippen molar-refractivity contribution in [2.75, 3.05) is 13.2 Å². The normalized spacial score (nSPS) is 15.7. The second kappa shape index (κ2) is 6.70. The minimum absolute atomic E-state index is 0.0324. The Balaban J connectivity index is 2.25. The molecule has 1 aromatic carbocycles. The fraction of sp³-hybridized carbons (Fsp3) is 0.533. The van der Waals surface area contributed by atoms with Crippen LogP contribution in [0.25, 0.3) is 0 Å². The maximum absolute atomic E-state index is 12.7. The van der Waals surface area contributed by atoms with Crippen LogP contribution in [0.15, 0.2) is 18.2 Å². The summed E-state index contributed by atoms with van der Waals surface area (Å²) in [5.74, 6) is 0.0639. The van der Waals surface area contributed by atoms with E-state index in [-0.39, 0.29) is 12.5 Å². The first kappa shape index (κ1) is 14.8. The molecule has 1 N–H and O–H groups in total. The van der Waals surface area contributed by atoms with Crippen LogP contribution in [-0.2, 0) is 0 Å². The standard InChI is InChI=1S/C15H20INO2/c1-11-5-4-8-13(14(11)16)15(19)17(9-10-18)12-6-2-3-7-12/h4-5,8,12,18H,2-3,6-7,9-10H2,1H3. The van der Waals surface area contributed by atoms with Gasteiger partial charge >= 0.3 is 0 Å². The van der Waals surface area contributed by atoms with Gasteiger partial charge in [-0.2, -0.15) is 0 Å². The number of benzene rings is 1. The summed E-state index contributed by atoms with van der Waals surface area (Å²) >= 11 is 2.24. The number of halogens is 1. The molecule has 1 saturated carbocycles. The topological polar surface area (TPSA) is 40.5 Å². The van der Waals surface area contributed by atoms with Gasteiger partial charge in [-0.15, -0.1) is 0 Å². The van der Waals surface area contributed by atoms with E-state index in [1.165, 1.54) is 12.8 Å². The van der Waals surface area contributed by atoms with E-state index in [2.05, 4.69) is 22.6 Å². The molecule has 0 atom stereocenters. The molecule has 1 fully saturated rings. The Kier molecular flexibility index (Phi) is 5.21. The molecule has 0 heterocycles. The van der Waals surface area contributed by atoms with E-state index >= 15 is 0 Å². The summed E-state index contributed by atoms with van der Waals surface area (Å²) in [4.78, 5) is 14.6. The maximum atomic E-state index is 12.7. The van der Waals surface area contributed by atoms with Gasteiger partial charge in [0.15, 0.2) is 0 Å². The van der Waals surface area contributed by atoms with Gasteiger partial charge in [-0.05, 0) is 54.0 Å². The molecule has 19 heavy (non-hydrogen) atoms. The molecule has 1 aromatic rings. The van der Waals surface area contributed by atoms with Gasteiger partial charge in [0.1, 0.15) is 0 Å². The summed E-state index contributed by atoms with van der Waals surface area (Å²) in [7, 11) is 0. The van der Waals surface area contributed by atoms with Crippen molar-refractivity contribution < 1.29 is 9.90 Å². The molecule has 1 aliphatic rings. The van der Waals surface area contributed by atoms with E-state index < -0.39 is 0 Å². The second-order valence-corrected chi connectivity index (χ2v) is 6.18. The number of aryl methyl sites for hydroxylation is 1. The number of carbonyl (C=O) groups is 1. The molecule has 0 radical (unpaired) electrons. The third kappa shape index (κ3) is 3.28. The van der Waals surface area contributed by atoms with Gasteiger partial charge in [0.05, 0.1) is 12.2 Å². The Morgan fingerprint density at radius 3 is 2.74 bits per heavy atom. The Hall–Kier alpha value is -0.620. The first-order chi connectivity index (χ1) is 9.15. The molecule has 0 aliphatic heterocycles. The van der Waals surface area contributed by atoms with E-state index in [0.717, 1.165) is 27.5 Å². The molecule has 0 unspecified atom stereocenters. The van der Waals surface area contributed by atoms with Crippen molar-refractivity contribution >= 4 is 28.5 Å². The number of aliphatic hydroxyl groups is 1. The molecule has 0 spiro atoms. The van der Waals surface area contributed by atoms with Crippen LogP contribution in [0.4, 0.5) is 0 Å². The van der Waals surface area contributed by atoms with E-state index in [1.54, 1.807) is 0 Å². The first-order valence-corrected chi connectivity index (χ1v) is 7.90. The third-order valence-corrected chi connectivity index (χ3v) is 5.22. The minimum Gasteiger partial charge on any atom is -0.395 e. The maximum Gasteiger partial charge on any atom is 0.255 e. The van der Waals surface area contributed by atoms with E-state index in [1.807, 2.05) is 30.0 Å². The largest absolute Gasteiger partial charge is 0.395 e. The molecule has 104 valence electrons. The second-order valence-electron chi connectivity index (χ2n) is 5.10. The highest BCUT2D eigenvalue weighted by Gasteiger charge is 2.28. The van der Waals surface area contributed by atoms with E-state index in [0.29, 0.717) is 12.6 Å². The van der Waals surface area contributed by atoms with Gasteiger partial charge in [0.2, 0.25) is 0 Å². The van der Waals surface area contributed by atoms with Gasteiger partial charge in [-0.1, -0.05) is 25.0 Å². The Morgan fingerprint density at radius 1 is 1.42 bits per heavy atom. The monoisotopic (exact) mass is 373 g/mol. The average Bonchev–Trinajstić information content (AvgIpc) is 2.92. The summed E-state index contributed by atoms with van der Waals surface area (Å²) in [6.45, 7) is 2.49. The number of carbonyl (C=O) groups excluding carboxylic acids is 1. The number of amides is 1. The van der Waals surface area contributed by atoms with Crippen LogP contribution in [-0.4, -0.2) is 35.1 Å². The van der Waals surface area contributed by atoms with Gasteiger partial charge in [0, 0.05) is 16.2 Å². The Morgan fingerprint density at radius 2 is 2.11 bits per heavy atom. The highest BCUT2D eigenvalue weighted by atomic mass is 127. The Labute approximate surface area is 128 Å². The lowest BCUT2D eigenvalue weighted by Crippen LogP contribution is -2.41. The molecule has 0 bridgehead atoms. The summed E-state index contributed by atoms with van der Waals surface area (Å²) in [6.07, 6.45) is 4.50. The van der Waals surface area contributed by atoms with Gasteiger partial charge in [0.25, 0.3) is 5.91 Å². The summed E-state index contributed by atoms with van der Waals surface area (Å²) < 4.78 is 1.02. The summed E-state index contributed by atoms with van der Waals surface area (Å²) in [5.41, 5.74) is 1.89. The zero-order valence-corrected chi connectivity index (χ0v) is 13.4. The average molecular weight is 373 g/mol.